The molecular weight excluding hydrogens is 453 g/mol. The maximum atomic E-state index is 14.8. The quantitative estimate of drug-likeness (QED) is 0.401. The molecule has 0 aliphatic carbocycles. The van der Waals surface area contributed by atoms with E-state index in [2.05, 4.69) is 20.3 Å². The zero-order valence-corrected chi connectivity index (χ0v) is 19.3. The van der Waals surface area contributed by atoms with Gasteiger partial charge in [-0.25, -0.2) is 9.37 Å². The van der Waals surface area contributed by atoms with Crippen molar-refractivity contribution < 1.29 is 9.18 Å². The van der Waals surface area contributed by atoms with Crippen molar-refractivity contribution in [1.29, 1.82) is 0 Å². The van der Waals surface area contributed by atoms with Crippen molar-refractivity contribution in [2.45, 2.75) is 25.4 Å². The van der Waals surface area contributed by atoms with Gasteiger partial charge in [-0.3, -0.25) is 9.79 Å². The van der Waals surface area contributed by atoms with Crippen LogP contribution in [0, 0.1) is 11.2 Å². The van der Waals surface area contributed by atoms with Gasteiger partial charge in [0, 0.05) is 60.4 Å². The second-order valence-corrected chi connectivity index (χ2v) is 8.95. The standard InChI is InChI=1S/C26H23ClFN5O/c1-25(33-12-11-30-17-33,19-5-3-2-4-6-19)26(7-9-29-10-8-26)24(34)32-15-18-13-20-21(27)16-31-23(20)14-22(18)28/h2-7,9-14,16-17,31H,8,15H2,1H3,(H,32,34). The van der Waals surface area contributed by atoms with E-state index in [1.54, 1.807) is 37.2 Å². The molecule has 34 heavy (non-hydrogen) atoms. The molecular formula is C26H23ClFN5O. The fourth-order valence-electron chi connectivity index (χ4n) is 4.79. The molecule has 4 aromatic rings. The lowest BCUT2D eigenvalue weighted by molar-refractivity contribution is -0.132. The fourth-order valence-corrected chi connectivity index (χ4v) is 5.00. The minimum Gasteiger partial charge on any atom is -0.360 e. The summed E-state index contributed by atoms with van der Waals surface area (Å²) in [5, 5.41) is 4.19. The maximum Gasteiger partial charge on any atom is 0.233 e. The Morgan fingerprint density at radius 2 is 2.15 bits per heavy atom. The molecule has 3 heterocycles. The molecule has 0 fully saturated rings. The Kier molecular flexibility index (Phi) is 5.57. The SMILES string of the molecule is CC(c1ccccc1)(n1ccnc1)C1(C(=O)NCc2cc3c(Cl)c[nH]c3cc2F)C=CN=CC1. The number of aromatic amines is 1. The molecule has 0 saturated heterocycles. The fraction of sp³-hybridized carbons (Fsp3) is 0.192. The Hall–Kier alpha value is -3.71. The minimum absolute atomic E-state index is 0.0175. The number of aliphatic imine (C=N–C) groups is 1. The van der Waals surface area contributed by atoms with Gasteiger partial charge in [0.15, 0.2) is 0 Å². The molecule has 1 amide bonds. The summed E-state index contributed by atoms with van der Waals surface area (Å²) in [6, 6.07) is 12.9. The summed E-state index contributed by atoms with van der Waals surface area (Å²) in [6.07, 6.45) is 12.5. The van der Waals surface area contributed by atoms with E-state index in [9.17, 15) is 9.18 Å². The molecule has 0 spiro atoms. The molecule has 2 unspecified atom stereocenters. The largest absolute Gasteiger partial charge is 0.360 e. The van der Waals surface area contributed by atoms with Crippen LogP contribution >= 0.6 is 11.6 Å². The third-order valence-corrected chi connectivity index (χ3v) is 7.14. The van der Waals surface area contributed by atoms with Gasteiger partial charge in [-0.15, -0.1) is 0 Å². The van der Waals surface area contributed by atoms with Crippen LogP contribution in [0.15, 0.2) is 84.7 Å². The predicted octanol–water partition coefficient (Wildman–Crippen LogP) is 5.21. The molecule has 1 aliphatic heterocycles. The van der Waals surface area contributed by atoms with E-state index in [4.69, 9.17) is 11.6 Å². The van der Waals surface area contributed by atoms with Gasteiger partial charge < -0.3 is 14.9 Å². The van der Waals surface area contributed by atoms with Crippen LogP contribution in [0.1, 0.15) is 24.5 Å². The minimum atomic E-state index is -1.04. The number of imidazole rings is 1. The lowest BCUT2D eigenvalue weighted by Gasteiger charge is -2.47. The lowest BCUT2D eigenvalue weighted by Crippen LogP contribution is -2.56. The first-order valence-corrected chi connectivity index (χ1v) is 11.3. The number of aromatic nitrogens is 3. The molecule has 1 aliphatic rings. The smallest absolute Gasteiger partial charge is 0.233 e. The number of H-pyrrole nitrogens is 1. The summed E-state index contributed by atoms with van der Waals surface area (Å²) in [6.45, 7) is 2.03. The van der Waals surface area contributed by atoms with Gasteiger partial charge in [0.1, 0.15) is 11.2 Å². The first-order chi connectivity index (χ1) is 16.5. The molecule has 0 bridgehead atoms. The first-order valence-electron chi connectivity index (χ1n) is 10.9. The monoisotopic (exact) mass is 475 g/mol. The number of carbonyl (C=O) groups excluding carboxylic acids is 1. The summed E-state index contributed by atoms with van der Waals surface area (Å²) in [7, 11) is 0. The molecule has 2 N–H and O–H groups in total. The van der Waals surface area contributed by atoms with Gasteiger partial charge in [0.2, 0.25) is 5.91 Å². The molecule has 2 aromatic carbocycles. The number of hydrogen-bond acceptors (Lipinski definition) is 3. The summed E-state index contributed by atoms with van der Waals surface area (Å²) in [5.74, 6) is -0.656. The number of fused-ring (bicyclic) bond motifs is 1. The van der Waals surface area contributed by atoms with Gasteiger partial charge in [-0.1, -0.05) is 41.9 Å². The van der Waals surface area contributed by atoms with Crippen LogP contribution in [0.25, 0.3) is 10.9 Å². The van der Waals surface area contributed by atoms with Crippen molar-refractivity contribution in [2.75, 3.05) is 0 Å². The summed E-state index contributed by atoms with van der Waals surface area (Å²) < 4.78 is 16.7. The van der Waals surface area contributed by atoms with E-state index in [1.807, 2.05) is 54.1 Å². The van der Waals surface area contributed by atoms with Crippen LogP contribution in [0.2, 0.25) is 5.02 Å². The van der Waals surface area contributed by atoms with E-state index >= 15 is 0 Å². The highest BCUT2D eigenvalue weighted by molar-refractivity contribution is 6.35. The molecule has 0 saturated carbocycles. The Morgan fingerprint density at radius 1 is 1.32 bits per heavy atom. The van der Waals surface area contributed by atoms with Crippen molar-refractivity contribution in [1.82, 2.24) is 19.9 Å². The summed E-state index contributed by atoms with van der Waals surface area (Å²) >= 11 is 6.21. The number of carbonyl (C=O) groups is 1. The molecule has 8 heteroatoms. The molecule has 2 aromatic heterocycles. The van der Waals surface area contributed by atoms with Crippen LogP contribution in [-0.2, 0) is 16.9 Å². The number of amides is 1. The zero-order chi connectivity index (χ0) is 23.8. The van der Waals surface area contributed by atoms with Gasteiger partial charge in [0.25, 0.3) is 0 Å². The molecule has 6 nitrogen and oxygen atoms in total. The highest BCUT2D eigenvalue weighted by Gasteiger charge is 2.54. The van der Waals surface area contributed by atoms with Crippen LogP contribution in [-0.4, -0.2) is 26.7 Å². The normalized spacial score (nSPS) is 19.3. The Bertz CT molecular complexity index is 1400. The van der Waals surface area contributed by atoms with Crippen LogP contribution in [0.5, 0.6) is 0 Å². The lowest BCUT2D eigenvalue weighted by atomic mass is 9.63. The second-order valence-electron chi connectivity index (χ2n) is 8.54. The Morgan fingerprint density at radius 3 is 2.85 bits per heavy atom. The van der Waals surface area contributed by atoms with Crippen molar-refractivity contribution in [2.24, 2.45) is 10.4 Å². The Labute approximate surface area is 201 Å². The van der Waals surface area contributed by atoms with Gasteiger partial charge in [0.05, 0.1) is 16.9 Å². The number of hydrogen-bond donors (Lipinski definition) is 2. The van der Waals surface area contributed by atoms with Gasteiger partial charge in [-0.2, -0.15) is 0 Å². The first kappa shape index (κ1) is 22.1. The van der Waals surface area contributed by atoms with Crippen LogP contribution in [0.4, 0.5) is 4.39 Å². The molecule has 2 atom stereocenters. The third-order valence-electron chi connectivity index (χ3n) is 6.83. The van der Waals surface area contributed by atoms with Crippen LogP contribution in [0.3, 0.4) is 0 Å². The van der Waals surface area contributed by atoms with Crippen molar-refractivity contribution in [3.8, 4) is 0 Å². The highest BCUT2D eigenvalue weighted by Crippen LogP contribution is 2.48. The van der Waals surface area contributed by atoms with E-state index in [0.29, 0.717) is 27.9 Å². The number of halogens is 2. The van der Waals surface area contributed by atoms with Gasteiger partial charge in [-0.05, 0) is 30.7 Å². The number of nitrogens with one attached hydrogen (secondary N) is 2. The zero-order valence-electron chi connectivity index (χ0n) is 18.5. The van der Waals surface area contributed by atoms with E-state index in [0.717, 1.165) is 5.56 Å². The maximum absolute atomic E-state index is 14.8. The van der Waals surface area contributed by atoms with Crippen molar-refractivity contribution in [3.63, 3.8) is 0 Å². The third kappa shape index (κ3) is 3.44. The average Bonchev–Trinajstić information content (AvgIpc) is 3.53. The van der Waals surface area contributed by atoms with E-state index < -0.39 is 16.8 Å². The van der Waals surface area contributed by atoms with E-state index in [1.165, 1.54) is 6.07 Å². The summed E-state index contributed by atoms with van der Waals surface area (Å²) in [5.41, 5.74) is 0.0369. The average molecular weight is 476 g/mol. The second kappa shape index (κ2) is 8.57. The van der Waals surface area contributed by atoms with E-state index in [-0.39, 0.29) is 12.5 Å². The summed E-state index contributed by atoms with van der Waals surface area (Å²) in [4.78, 5) is 25.4. The number of benzene rings is 2. The molecule has 0 radical (unpaired) electrons. The highest BCUT2D eigenvalue weighted by atomic mass is 35.5. The van der Waals surface area contributed by atoms with Crippen molar-refractivity contribution in [3.05, 3.63) is 102 Å². The molecule has 5 rings (SSSR count). The molecule has 172 valence electrons. The number of nitrogens with zero attached hydrogens (tertiary/aromatic N) is 3. The number of rotatable bonds is 6. The Balaban J connectivity index is 1.55. The topological polar surface area (TPSA) is 75.1 Å². The predicted molar refractivity (Wildman–Crippen MR) is 131 cm³/mol. The van der Waals surface area contributed by atoms with Crippen LogP contribution < -0.4 is 5.32 Å². The van der Waals surface area contributed by atoms with Gasteiger partial charge >= 0.3 is 0 Å². The van der Waals surface area contributed by atoms with Crippen molar-refractivity contribution >= 4 is 34.6 Å².